The molecule has 5 nitrogen and oxygen atoms in total. The summed E-state index contributed by atoms with van der Waals surface area (Å²) in [4.78, 5) is 10.7. The second kappa shape index (κ2) is 6.76. The van der Waals surface area contributed by atoms with Gasteiger partial charge in [-0.15, -0.1) is 0 Å². The summed E-state index contributed by atoms with van der Waals surface area (Å²) >= 11 is 0. The van der Waals surface area contributed by atoms with E-state index >= 15 is 0 Å². The van der Waals surface area contributed by atoms with Crippen molar-refractivity contribution in [2.75, 3.05) is 14.2 Å². The molecule has 0 atom stereocenters. The summed E-state index contributed by atoms with van der Waals surface area (Å²) in [5.74, 6) is 1.26. The SMILES string of the molecule is COc1ccc(C=C(C)c2ccccc2[N+](=O)[O-])cc1OC. The molecule has 0 saturated heterocycles. The minimum atomic E-state index is -0.374. The molecule has 2 rings (SSSR count). The van der Waals surface area contributed by atoms with Crippen molar-refractivity contribution in [3.8, 4) is 11.5 Å². The van der Waals surface area contributed by atoms with E-state index in [9.17, 15) is 10.1 Å². The zero-order chi connectivity index (χ0) is 16.1. The number of para-hydroxylation sites is 1. The first-order chi connectivity index (χ1) is 10.6. The zero-order valence-corrected chi connectivity index (χ0v) is 12.7. The van der Waals surface area contributed by atoms with E-state index < -0.39 is 0 Å². The van der Waals surface area contributed by atoms with Gasteiger partial charge >= 0.3 is 0 Å². The van der Waals surface area contributed by atoms with Crippen LogP contribution >= 0.6 is 0 Å². The van der Waals surface area contributed by atoms with Crippen LogP contribution in [0.3, 0.4) is 0 Å². The average Bonchev–Trinajstić information content (AvgIpc) is 2.54. The summed E-state index contributed by atoms with van der Waals surface area (Å²) in [6, 6.07) is 12.2. The summed E-state index contributed by atoms with van der Waals surface area (Å²) in [6.45, 7) is 1.85. The molecule has 0 radical (unpaired) electrons. The molecule has 5 heteroatoms. The second-order valence-corrected chi connectivity index (χ2v) is 4.72. The van der Waals surface area contributed by atoms with E-state index in [2.05, 4.69) is 0 Å². The fourth-order valence-electron chi connectivity index (χ4n) is 2.24. The predicted octanol–water partition coefficient (Wildman–Crippen LogP) is 4.17. The van der Waals surface area contributed by atoms with Crippen LogP contribution in [0.25, 0.3) is 11.6 Å². The van der Waals surface area contributed by atoms with Gasteiger partial charge in [-0.1, -0.05) is 24.3 Å². The molecule has 0 aliphatic carbocycles. The Morgan fingerprint density at radius 2 is 1.77 bits per heavy atom. The first-order valence-electron chi connectivity index (χ1n) is 6.71. The topological polar surface area (TPSA) is 61.6 Å². The smallest absolute Gasteiger partial charge is 0.276 e. The molecule has 0 spiro atoms. The maximum atomic E-state index is 11.1. The van der Waals surface area contributed by atoms with Gasteiger partial charge in [0.2, 0.25) is 0 Å². The number of nitro benzene ring substituents is 1. The average molecular weight is 299 g/mol. The van der Waals surface area contributed by atoms with Crippen molar-refractivity contribution in [2.45, 2.75) is 6.92 Å². The first kappa shape index (κ1) is 15.6. The molecule has 0 bridgehead atoms. The molecule has 0 amide bonds. The fraction of sp³-hybridized carbons (Fsp3) is 0.176. The summed E-state index contributed by atoms with van der Waals surface area (Å²) in [6.07, 6.45) is 1.88. The number of allylic oxidation sites excluding steroid dienone is 1. The van der Waals surface area contributed by atoms with E-state index in [1.807, 2.05) is 25.1 Å². The van der Waals surface area contributed by atoms with Crippen LogP contribution in [0.1, 0.15) is 18.1 Å². The Kier molecular flexibility index (Phi) is 4.78. The molecule has 0 saturated carbocycles. The van der Waals surface area contributed by atoms with Gasteiger partial charge in [-0.25, -0.2) is 0 Å². The Morgan fingerprint density at radius 3 is 2.41 bits per heavy atom. The van der Waals surface area contributed by atoms with Crippen LogP contribution in [0.4, 0.5) is 5.69 Å². The normalized spacial score (nSPS) is 11.1. The molecular formula is C17H17NO4. The third-order valence-corrected chi connectivity index (χ3v) is 3.32. The lowest BCUT2D eigenvalue weighted by atomic mass is 10.0. The molecular weight excluding hydrogens is 282 g/mol. The number of rotatable bonds is 5. The van der Waals surface area contributed by atoms with Gasteiger partial charge in [0.15, 0.2) is 11.5 Å². The number of benzene rings is 2. The van der Waals surface area contributed by atoms with Crippen molar-refractivity contribution in [3.63, 3.8) is 0 Å². The van der Waals surface area contributed by atoms with Crippen LogP contribution < -0.4 is 9.47 Å². The Labute approximate surface area is 129 Å². The molecule has 0 unspecified atom stereocenters. The minimum absolute atomic E-state index is 0.0942. The molecule has 2 aromatic rings. The van der Waals surface area contributed by atoms with Crippen molar-refractivity contribution in [2.24, 2.45) is 0 Å². The van der Waals surface area contributed by atoms with Gasteiger partial charge < -0.3 is 9.47 Å². The number of nitrogens with zero attached hydrogens (tertiary/aromatic N) is 1. The van der Waals surface area contributed by atoms with Gasteiger partial charge in [0.25, 0.3) is 5.69 Å². The highest BCUT2D eigenvalue weighted by Gasteiger charge is 2.13. The quantitative estimate of drug-likeness (QED) is 0.472. The van der Waals surface area contributed by atoms with Crippen molar-refractivity contribution in [3.05, 3.63) is 63.7 Å². The summed E-state index contributed by atoms with van der Waals surface area (Å²) in [5.41, 5.74) is 2.38. The maximum Gasteiger partial charge on any atom is 0.276 e. The van der Waals surface area contributed by atoms with E-state index in [0.717, 1.165) is 11.1 Å². The van der Waals surface area contributed by atoms with E-state index in [-0.39, 0.29) is 10.6 Å². The Hall–Kier alpha value is -2.82. The van der Waals surface area contributed by atoms with Gasteiger partial charge in [-0.2, -0.15) is 0 Å². The molecule has 114 valence electrons. The predicted molar refractivity (Wildman–Crippen MR) is 86.2 cm³/mol. The lowest BCUT2D eigenvalue weighted by Crippen LogP contribution is -1.93. The minimum Gasteiger partial charge on any atom is -0.493 e. The largest absolute Gasteiger partial charge is 0.493 e. The van der Waals surface area contributed by atoms with Crippen molar-refractivity contribution < 1.29 is 14.4 Å². The van der Waals surface area contributed by atoms with Crippen LogP contribution in [0.15, 0.2) is 42.5 Å². The lowest BCUT2D eigenvalue weighted by molar-refractivity contribution is -0.385. The molecule has 0 fully saturated rings. The fourth-order valence-corrected chi connectivity index (χ4v) is 2.24. The highest BCUT2D eigenvalue weighted by Crippen LogP contribution is 2.31. The van der Waals surface area contributed by atoms with E-state index in [1.54, 1.807) is 38.5 Å². The third kappa shape index (κ3) is 3.25. The van der Waals surface area contributed by atoms with Crippen molar-refractivity contribution in [1.82, 2.24) is 0 Å². The number of ether oxygens (including phenoxy) is 2. The molecule has 0 aliphatic rings. The number of methoxy groups -OCH3 is 2. The van der Waals surface area contributed by atoms with Gasteiger partial charge in [-0.05, 0) is 36.3 Å². The zero-order valence-electron chi connectivity index (χ0n) is 12.7. The molecule has 2 aromatic carbocycles. The van der Waals surface area contributed by atoms with E-state index in [1.165, 1.54) is 6.07 Å². The monoisotopic (exact) mass is 299 g/mol. The van der Waals surface area contributed by atoms with Gasteiger partial charge in [0.1, 0.15) is 0 Å². The standard InChI is InChI=1S/C17H17NO4/c1-12(14-6-4-5-7-15(14)18(19)20)10-13-8-9-16(21-2)17(11-13)22-3/h4-11H,1-3H3. The van der Waals surface area contributed by atoms with Crippen LogP contribution in [0.2, 0.25) is 0 Å². The molecule has 0 heterocycles. The third-order valence-electron chi connectivity index (χ3n) is 3.32. The van der Waals surface area contributed by atoms with E-state index in [4.69, 9.17) is 9.47 Å². The Bertz CT molecular complexity index is 722. The number of hydrogen-bond donors (Lipinski definition) is 0. The Balaban J connectivity index is 2.43. The lowest BCUT2D eigenvalue weighted by Gasteiger charge is -2.08. The van der Waals surface area contributed by atoms with Gasteiger partial charge in [0, 0.05) is 6.07 Å². The molecule has 0 aliphatic heterocycles. The van der Waals surface area contributed by atoms with Gasteiger partial charge in [0.05, 0.1) is 24.7 Å². The summed E-state index contributed by atoms with van der Waals surface area (Å²) in [5, 5.41) is 11.1. The van der Waals surface area contributed by atoms with Crippen LogP contribution in [0, 0.1) is 10.1 Å². The number of hydrogen-bond acceptors (Lipinski definition) is 4. The molecule has 22 heavy (non-hydrogen) atoms. The summed E-state index contributed by atoms with van der Waals surface area (Å²) < 4.78 is 10.5. The van der Waals surface area contributed by atoms with Crippen molar-refractivity contribution in [1.29, 1.82) is 0 Å². The second-order valence-electron chi connectivity index (χ2n) is 4.72. The Morgan fingerprint density at radius 1 is 1.09 bits per heavy atom. The van der Waals surface area contributed by atoms with Gasteiger partial charge in [-0.3, -0.25) is 10.1 Å². The van der Waals surface area contributed by atoms with Crippen molar-refractivity contribution >= 4 is 17.3 Å². The molecule has 0 N–H and O–H groups in total. The van der Waals surface area contributed by atoms with Crippen LogP contribution in [0.5, 0.6) is 11.5 Å². The van der Waals surface area contributed by atoms with Crippen LogP contribution in [-0.2, 0) is 0 Å². The maximum absolute atomic E-state index is 11.1. The van der Waals surface area contributed by atoms with E-state index in [0.29, 0.717) is 17.1 Å². The summed E-state index contributed by atoms with van der Waals surface area (Å²) in [7, 11) is 3.15. The molecule has 0 aromatic heterocycles. The number of nitro groups is 1. The van der Waals surface area contributed by atoms with Crippen LogP contribution in [-0.4, -0.2) is 19.1 Å². The first-order valence-corrected chi connectivity index (χ1v) is 6.71. The highest BCUT2D eigenvalue weighted by atomic mass is 16.6. The highest BCUT2D eigenvalue weighted by molar-refractivity contribution is 5.84.